The lowest BCUT2D eigenvalue weighted by Crippen LogP contribution is -2.60. The van der Waals surface area contributed by atoms with E-state index in [4.69, 9.17) is 18.9 Å². The van der Waals surface area contributed by atoms with E-state index < -0.39 is 47.2 Å². The van der Waals surface area contributed by atoms with Crippen LogP contribution in [-0.4, -0.2) is 42.2 Å². The van der Waals surface area contributed by atoms with Crippen LogP contribution in [-0.2, 0) is 37.0 Å². The maximum atomic E-state index is 14.3. The molecule has 0 unspecified atom stereocenters. The number of nitrogens with one attached hydrogen (secondary N) is 1. The Morgan fingerprint density at radius 2 is 1.77 bits per heavy atom. The molecule has 35 heavy (non-hydrogen) atoms. The number of rotatable bonds is 8. The molecule has 0 spiro atoms. The highest BCUT2D eigenvalue weighted by Crippen LogP contribution is 2.44. The van der Waals surface area contributed by atoms with Crippen molar-refractivity contribution in [1.29, 1.82) is 0 Å². The zero-order valence-electron chi connectivity index (χ0n) is 20.0. The van der Waals surface area contributed by atoms with Gasteiger partial charge in [-0.3, -0.25) is 4.79 Å². The minimum Gasteiger partial charge on any atom is -0.370 e. The zero-order chi connectivity index (χ0) is 25.2. The standard InChI is InChI=1S/C26H30F3NO5/c1-4-30-24(31)26(33-15-16-7-5-6-8-19(16)28)12-21(23-22(13-26)34-25(2,3)35-23)32-14-17-9-10-18(27)11-20(17)29/h5-11,21-23H,4,12-15H2,1-3H3,(H,30,31)/t21-,22-,23+,26-/m1/s1. The Kier molecular flexibility index (Phi) is 7.51. The van der Waals surface area contributed by atoms with Crippen molar-refractivity contribution in [2.75, 3.05) is 6.54 Å². The number of hydrogen-bond donors (Lipinski definition) is 1. The topological polar surface area (TPSA) is 66.0 Å². The molecule has 4 atom stereocenters. The first-order valence-electron chi connectivity index (χ1n) is 11.7. The molecule has 1 saturated carbocycles. The van der Waals surface area contributed by atoms with Gasteiger partial charge in [0.25, 0.3) is 5.91 Å². The highest BCUT2D eigenvalue weighted by molar-refractivity contribution is 5.85. The molecule has 0 bridgehead atoms. The van der Waals surface area contributed by atoms with Crippen LogP contribution in [0.5, 0.6) is 0 Å². The molecule has 2 aliphatic rings. The summed E-state index contributed by atoms with van der Waals surface area (Å²) in [5, 5.41) is 2.81. The van der Waals surface area contributed by atoms with Gasteiger partial charge in [-0.25, -0.2) is 13.2 Å². The van der Waals surface area contributed by atoms with Crippen molar-refractivity contribution in [3.05, 3.63) is 71.0 Å². The first-order chi connectivity index (χ1) is 16.6. The number of hydrogen-bond acceptors (Lipinski definition) is 5. The van der Waals surface area contributed by atoms with Crippen LogP contribution in [0.4, 0.5) is 13.2 Å². The predicted octanol–water partition coefficient (Wildman–Crippen LogP) is 4.39. The summed E-state index contributed by atoms with van der Waals surface area (Å²) in [5.41, 5.74) is -0.912. The molecule has 190 valence electrons. The van der Waals surface area contributed by atoms with Crippen LogP contribution in [0, 0.1) is 17.5 Å². The Morgan fingerprint density at radius 3 is 2.49 bits per heavy atom. The second-order valence-corrected chi connectivity index (χ2v) is 9.37. The number of fused-ring (bicyclic) bond motifs is 1. The van der Waals surface area contributed by atoms with Gasteiger partial charge in [0, 0.05) is 36.6 Å². The van der Waals surface area contributed by atoms with E-state index in [1.54, 1.807) is 39.0 Å². The third-order valence-corrected chi connectivity index (χ3v) is 6.33. The number of benzene rings is 2. The van der Waals surface area contributed by atoms with E-state index >= 15 is 0 Å². The molecule has 2 fully saturated rings. The van der Waals surface area contributed by atoms with Gasteiger partial charge in [-0.1, -0.05) is 24.3 Å². The van der Waals surface area contributed by atoms with Gasteiger partial charge >= 0.3 is 0 Å². The van der Waals surface area contributed by atoms with Crippen LogP contribution in [0.1, 0.15) is 44.7 Å². The molecule has 1 aliphatic heterocycles. The zero-order valence-corrected chi connectivity index (χ0v) is 20.0. The Morgan fingerprint density at radius 1 is 1.03 bits per heavy atom. The van der Waals surface area contributed by atoms with Crippen LogP contribution in [0.15, 0.2) is 42.5 Å². The molecule has 1 heterocycles. The highest BCUT2D eigenvalue weighted by atomic mass is 19.1. The van der Waals surface area contributed by atoms with Crippen LogP contribution in [0.2, 0.25) is 0 Å². The van der Waals surface area contributed by atoms with E-state index in [0.29, 0.717) is 12.1 Å². The van der Waals surface area contributed by atoms with Gasteiger partial charge in [0.15, 0.2) is 11.4 Å². The number of ether oxygens (including phenoxy) is 4. The van der Waals surface area contributed by atoms with Gasteiger partial charge in [0.1, 0.15) is 23.6 Å². The lowest BCUT2D eigenvalue weighted by molar-refractivity contribution is -0.183. The lowest BCUT2D eigenvalue weighted by Gasteiger charge is -2.43. The Bertz CT molecular complexity index is 1070. The molecular weight excluding hydrogens is 463 g/mol. The summed E-state index contributed by atoms with van der Waals surface area (Å²) in [6.45, 7) is 5.38. The molecule has 6 nitrogen and oxygen atoms in total. The Hall–Kier alpha value is -2.46. The van der Waals surface area contributed by atoms with Gasteiger partial charge in [0.05, 0.1) is 25.4 Å². The van der Waals surface area contributed by atoms with Gasteiger partial charge in [-0.15, -0.1) is 0 Å². The van der Waals surface area contributed by atoms with Crippen molar-refractivity contribution in [2.24, 2.45) is 0 Å². The average molecular weight is 494 g/mol. The number of amides is 1. The highest BCUT2D eigenvalue weighted by Gasteiger charge is 2.58. The molecule has 1 saturated heterocycles. The second kappa shape index (κ2) is 10.3. The van der Waals surface area contributed by atoms with E-state index in [0.717, 1.165) is 12.1 Å². The number of halogens is 3. The van der Waals surface area contributed by atoms with Crippen molar-refractivity contribution >= 4 is 5.91 Å². The van der Waals surface area contributed by atoms with E-state index in [9.17, 15) is 18.0 Å². The molecule has 2 aromatic rings. The van der Waals surface area contributed by atoms with Crippen LogP contribution < -0.4 is 5.32 Å². The SMILES string of the molecule is CCNC(=O)[C@@]1(OCc2ccccc2F)C[C@@H](OCc2ccc(F)cc2F)[C@@H]2OC(C)(C)O[C@@H]2C1. The van der Waals surface area contributed by atoms with E-state index in [1.165, 1.54) is 12.1 Å². The van der Waals surface area contributed by atoms with E-state index in [2.05, 4.69) is 5.32 Å². The Labute approximate surface area is 202 Å². The predicted molar refractivity (Wildman–Crippen MR) is 121 cm³/mol. The van der Waals surface area contributed by atoms with Gasteiger partial charge < -0.3 is 24.3 Å². The molecule has 0 radical (unpaired) electrons. The fourth-order valence-corrected chi connectivity index (χ4v) is 4.70. The first kappa shape index (κ1) is 25.6. The summed E-state index contributed by atoms with van der Waals surface area (Å²) in [6.07, 6.45) is -1.54. The minimum absolute atomic E-state index is 0.0801. The third kappa shape index (κ3) is 5.69. The molecule has 2 aromatic carbocycles. The maximum Gasteiger partial charge on any atom is 0.252 e. The molecule has 9 heteroatoms. The number of likely N-dealkylation sites (N-methyl/N-ethyl adjacent to an activating group) is 1. The van der Waals surface area contributed by atoms with Gasteiger partial charge in [0.2, 0.25) is 0 Å². The van der Waals surface area contributed by atoms with Crippen LogP contribution >= 0.6 is 0 Å². The Balaban J connectivity index is 1.61. The second-order valence-electron chi connectivity index (χ2n) is 9.37. The molecule has 0 aromatic heterocycles. The van der Waals surface area contributed by atoms with Crippen molar-refractivity contribution in [3.63, 3.8) is 0 Å². The fraction of sp³-hybridized carbons (Fsp3) is 0.500. The summed E-state index contributed by atoms with van der Waals surface area (Å²) in [5.74, 6) is -3.15. The number of carbonyl (C=O) groups excluding carboxylic acids is 1. The molecule has 1 aliphatic carbocycles. The van der Waals surface area contributed by atoms with Crippen molar-refractivity contribution < 1.29 is 36.9 Å². The fourth-order valence-electron chi connectivity index (χ4n) is 4.70. The maximum absolute atomic E-state index is 14.3. The summed E-state index contributed by atoms with van der Waals surface area (Å²) >= 11 is 0. The van der Waals surface area contributed by atoms with Crippen molar-refractivity contribution in [2.45, 2.75) is 76.5 Å². The van der Waals surface area contributed by atoms with E-state index in [1.807, 2.05) is 0 Å². The van der Waals surface area contributed by atoms with E-state index in [-0.39, 0.29) is 37.5 Å². The quantitative estimate of drug-likeness (QED) is 0.591. The molecule has 4 rings (SSSR count). The van der Waals surface area contributed by atoms with Crippen molar-refractivity contribution in [3.8, 4) is 0 Å². The van der Waals surface area contributed by atoms with Crippen LogP contribution in [0.25, 0.3) is 0 Å². The summed E-state index contributed by atoms with van der Waals surface area (Å²) in [7, 11) is 0. The summed E-state index contributed by atoms with van der Waals surface area (Å²) in [6, 6.07) is 9.44. The largest absolute Gasteiger partial charge is 0.370 e. The first-order valence-corrected chi connectivity index (χ1v) is 11.7. The normalized spacial score (nSPS) is 27.4. The average Bonchev–Trinajstić information content (AvgIpc) is 3.11. The van der Waals surface area contributed by atoms with Crippen molar-refractivity contribution in [1.82, 2.24) is 5.32 Å². The monoisotopic (exact) mass is 493 g/mol. The third-order valence-electron chi connectivity index (χ3n) is 6.33. The molecule has 1 amide bonds. The number of carbonyl (C=O) groups is 1. The smallest absolute Gasteiger partial charge is 0.252 e. The summed E-state index contributed by atoms with van der Waals surface area (Å²) in [4.78, 5) is 13.3. The molecular formula is C26H30F3NO5. The minimum atomic E-state index is -1.39. The lowest BCUT2D eigenvalue weighted by atomic mass is 9.78. The molecule has 1 N–H and O–H groups in total. The summed E-state index contributed by atoms with van der Waals surface area (Å²) < 4.78 is 66.2. The van der Waals surface area contributed by atoms with Gasteiger partial charge in [-0.05, 0) is 32.9 Å². The van der Waals surface area contributed by atoms with Gasteiger partial charge in [-0.2, -0.15) is 0 Å². The van der Waals surface area contributed by atoms with Crippen LogP contribution in [0.3, 0.4) is 0 Å².